The fourth-order valence-corrected chi connectivity index (χ4v) is 1.78. The normalized spacial score (nSPS) is 10.8. The molecule has 2 aromatic rings. The van der Waals surface area contributed by atoms with Crippen molar-refractivity contribution < 1.29 is 32.6 Å². The SMILES string of the molecule is O=C(O)c1ccc(C#Cc2ccc(O)cc2C(F)(F)F)cc1F. The van der Waals surface area contributed by atoms with Crippen molar-refractivity contribution in [2.24, 2.45) is 0 Å². The van der Waals surface area contributed by atoms with Crippen molar-refractivity contribution in [1.82, 2.24) is 0 Å². The van der Waals surface area contributed by atoms with Crippen LogP contribution < -0.4 is 0 Å². The third-order valence-electron chi connectivity index (χ3n) is 2.85. The lowest BCUT2D eigenvalue weighted by Gasteiger charge is -2.09. The number of aromatic carboxylic acids is 1. The first-order valence-corrected chi connectivity index (χ1v) is 6.13. The highest BCUT2D eigenvalue weighted by molar-refractivity contribution is 5.88. The molecule has 3 nitrogen and oxygen atoms in total. The van der Waals surface area contributed by atoms with E-state index in [0.717, 1.165) is 24.3 Å². The molecule has 0 aliphatic heterocycles. The Hall–Kier alpha value is -3.01. The Morgan fingerprint density at radius 2 is 1.74 bits per heavy atom. The highest BCUT2D eigenvalue weighted by Crippen LogP contribution is 2.33. The lowest BCUT2D eigenvalue weighted by molar-refractivity contribution is -0.137. The summed E-state index contributed by atoms with van der Waals surface area (Å²) in [6.07, 6.45) is -4.71. The number of halogens is 4. The summed E-state index contributed by atoms with van der Waals surface area (Å²) in [6.45, 7) is 0. The van der Waals surface area contributed by atoms with Gasteiger partial charge in [0, 0.05) is 11.1 Å². The van der Waals surface area contributed by atoms with Crippen LogP contribution >= 0.6 is 0 Å². The smallest absolute Gasteiger partial charge is 0.417 e. The quantitative estimate of drug-likeness (QED) is 0.622. The number of alkyl halides is 3. The predicted molar refractivity (Wildman–Crippen MR) is 72.4 cm³/mol. The molecule has 23 heavy (non-hydrogen) atoms. The number of aromatic hydroxyl groups is 1. The standard InChI is InChI=1S/C16H8F4O3/c17-14-7-9(2-6-12(14)15(22)23)1-3-10-4-5-11(21)8-13(10)16(18,19)20/h2,4-8,21H,(H,22,23). The second-order valence-corrected chi connectivity index (χ2v) is 4.48. The van der Waals surface area contributed by atoms with E-state index in [9.17, 15) is 22.4 Å². The van der Waals surface area contributed by atoms with E-state index in [0.29, 0.717) is 6.07 Å². The van der Waals surface area contributed by atoms with Gasteiger partial charge in [-0.15, -0.1) is 0 Å². The summed E-state index contributed by atoms with van der Waals surface area (Å²) < 4.78 is 52.1. The molecular weight excluding hydrogens is 316 g/mol. The zero-order valence-electron chi connectivity index (χ0n) is 11.3. The van der Waals surface area contributed by atoms with E-state index < -0.39 is 40.4 Å². The minimum atomic E-state index is -4.71. The number of phenolic OH excluding ortho intramolecular Hbond substituents is 1. The van der Waals surface area contributed by atoms with E-state index in [1.54, 1.807) is 0 Å². The molecule has 118 valence electrons. The molecule has 0 unspecified atom stereocenters. The summed E-state index contributed by atoms with van der Waals surface area (Å²) in [5.74, 6) is 1.53. The Morgan fingerprint density at radius 3 is 2.30 bits per heavy atom. The van der Waals surface area contributed by atoms with Crippen LogP contribution in [0.15, 0.2) is 36.4 Å². The van der Waals surface area contributed by atoms with Gasteiger partial charge in [0.15, 0.2) is 0 Å². The van der Waals surface area contributed by atoms with Crippen LogP contribution in [0.4, 0.5) is 17.6 Å². The highest BCUT2D eigenvalue weighted by Gasteiger charge is 2.33. The Labute approximate surface area is 127 Å². The first-order chi connectivity index (χ1) is 10.7. The lowest BCUT2D eigenvalue weighted by Crippen LogP contribution is -2.07. The molecule has 0 saturated carbocycles. The number of phenols is 1. The fourth-order valence-electron chi connectivity index (χ4n) is 1.78. The molecule has 0 radical (unpaired) electrons. The molecule has 2 aromatic carbocycles. The van der Waals surface area contributed by atoms with Crippen molar-refractivity contribution in [3.05, 3.63) is 64.5 Å². The Kier molecular flexibility index (Phi) is 4.27. The number of rotatable bonds is 1. The number of carboxylic acid groups (broad SMARTS) is 1. The molecule has 0 amide bonds. The minimum Gasteiger partial charge on any atom is -0.508 e. The second-order valence-electron chi connectivity index (χ2n) is 4.48. The van der Waals surface area contributed by atoms with Gasteiger partial charge in [-0.1, -0.05) is 11.8 Å². The van der Waals surface area contributed by atoms with Gasteiger partial charge in [0.05, 0.1) is 11.1 Å². The molecule has 2 N–H and O–H groups in total. The van der Waals surface area contributed by atoms with Gasteiger partial charge < -0.3 is 10.2 Å². The second kappa shape index (κ2) is 6.01. The average molecular weight is 324 g/mol. The van der Waals surface area contributed by atoms with E-state index >= 15 is 0 Å². The third-order valence-corrected chi connectivity index (χ3v) is 2.85. The minimum absolute atomic E-state index is 0.0219. The summed E-state index contributed by atoms with van der Waals surface area (Å²) in [5.41, 5.74) is -2.05. The van der Waals surface area contributed by atoms with Gasteiger partial charge in [0.25, 0.3) is 0 Å². The zero-order valence-corrected chi connectivity index (χ0v) is 11.3. The first-order valence-electron chi connectivity index (χ1n) is 6.13. The van der Waals surface area contributed by atoms with Crippen LogP contribution in [0.2, 0.25) is 0 Å². The Morgan fingerprint density at radius 1 is 1.04 bits per heavy atom. The van der Waals surface area contributed by atoms with E-state index in [1.165, 1.54) is 6.07 Å². The van der Waals surface area contributed by atoms with Crippen LogP contribution in [-0.4, -0.2) is 16.2 Å². The van der Waals surface area contributed by atoms with Gasteiger partial charge in [-0.2, -0.15) is 13.2 Å². The molecule has 2 rings (SSSR count). The number of carbonyl (C=O) groups is 1. The predicted octanol–water partition coefficient (Wildman–Crippen LogP) is 3.65. The van der Waals surface area contributed by atoms with Gasteiger partial charge in [-0.05, 0) is 36.4 Å². The van der Waals surface area contributed by atoms with Gasteiger partial charge in [0.2, 0.25) is 0 Å². The first kappa shape index (κ1) is 16.4. The molecule has 0 heterocycles. The maximum Gasteiger partial charge on any atom is 0.417 e. The van der Waals surface area contributed by atoms with Gasteiger partial charge in [-0.3, -0.25) is 0 Å². The lowest BCUT2D eigenvalue weighted by atomic mass is 10.1. The van der Waals surface area contributed by atoms with E-state index in [2.05, 4.69) is 11.8 Å². The van der Waals surface area contributed by atoms with Gasteiger partial charge in [0.1, 0.15) is 11.6 Å². The molecule has 7 heteroatoms. The number of carboxylic acids is 1. The molecule has 0 fully saturated rings. The van der Waals surface area contributed by atoms with Crippen molar-refractivity contribution in [2.45, 2.75) is 6.18 Å². The van der Waals surface area contributed by atoms with Crippen LogP contribution in [0.5, 0.6) is 5.75 Å². The number of hydrogen-bond acceptors (Lipinski definition) is 2. The van der Waals surface area contributed by atoms with Crippen LogP contribution in [0.25, 0.3) is 0 Å². The summed E-state index contributed by atoms with van der Waals surface area (Å²) >= 11 is 0. The van der Waals surface area contributed by atoms with Crippen molar-refractivity contribution in [1.29, 1.82) is 0 Å². The van der Waals surface area contributed by atoms with Gasteiger partial charge in [-0.25, -0.2) is 9.18 Å². The maximum atomic E-state index is 13.5. The van der Waals surface area contributed by atoms with Crippen molar-refractivity contribution in [3.8, 4) is 17.6 Å². The Bertz CT molecular complexity index is 829. The van der Waals surface area contributed by atoms with E-state index in [-0.39, 0.29) is 5.56 Å². The molecule has 0 aromatic heterocycles. The van der Waals surface area contributed by atoms with Crippen LogP contribution in [0.3, 0.4) is 0 Å². The van der Waals surface area contributed by atoms with Crippen molar-refractivity contribution in [2.75, 3.05) is 0 Å². The fraction of sp³-hybridized carbons (Fsp3) is 0.0625. The topological polar surface area (TPSA) is 57.5 Å². The van der Waals surface area contributed by atoms with Crippen molar-refractivity contribution in [3.63, 3.8) is 0 Å². The van der Waals surface area contributed by atoms with Crippen LogP contribution in [0.1, 0.15) is 27.0 Å². The molecule has 0 atom stereocenters. The molecule has 0 aliphatic rings. The maximum absolute atomic E-state index is 13.5. The summed E-state index contributed by atoms with van der Waals surface area (Å²) in [5, 5.41) is 17.8. The largest absolute Gasteiger partial charge is 0.508 e. The molecule has 0 saturated heterocycles. The summed E-state index contributed by atoms with van der Waals surface area (Å²) in [7, 11) is 0. The zero-order chi connectivity index (χ0) is 17.2. The number of benzene rings is 2. The average Bonchev–Trinajstić information content (AvgIpc) is 2.44. The van der Waals surface area contributed by atoms with E-state index in [1.807, 2.05) is 0 Å². The molecular formula is C16H8F4O3. The Balaban J connectivity index is 2.44. The van der Waals surface area contributed by atoms with E-state index in [4.69, 9.17) is 10.2 Å². The third kappa shape index (κ3) is 3.80. The van der Waals surface area contributed by atoms with Crippen molar-refractivity contribution >= 4 is 5.97 Å². The monoisotopic (exact) mass is 324 g/mol. The molecule has 0 aliphatic carbocycles. The molecule has 0 bridgehead atoms. The summed E-state index contributed by atoms with van der Waals surface area (Å²) in [4.78, 5) is 10.7. The molecule has 0 spiro atoms. The van der Waals surface area contributed by atoms with Crippen LogP contribution in [-0.2, 0) is 6.18 Å². The summed E-state index contributed by atoms with van der Waals surface area (Å²) in [6, 6.07) is 5.57. The van der Waals surface area contributed by atoms with Gasteiger partial charge >= 0.3 is 12.1 Å². The highest BCUT2D eigenvalue weighted by atomic mass is 19.4. The van der Waals surface area contributed by atoms with Crippen LogP contribution in [0, 0.1) is 17.7 Å². The number of hydrogen-bond donors (Lipinski definition) is 2.